The average molecular weight is 436 g/mol. The molecule has 0 atom stereocenters. The maximum Gasteiger partial charge on any atom is 0.311 e. The van der Waals surface area contributed by atoms with Gasteiger partial charge < -0.3 is 14.5 Å². The normalized spacial score (nSPS) is 10.8. The predicted molar refractivity (Wildman–Crippen MR) is 110 cm³/mol. The highest BCUT2D eigenvalue weighted by atomic mass is 32.2. The predicted octanol–water partition coefficient (Wildman–Crippen LogP) is 3.24. The van der Waals surface area contributed by atoms with Crippen molar-refractivity contribution in [3.05, 3.63) is 29.5 Å². The smallest absolute Gasteiger partial charge is 0.311 e. The van der Waals surface area contributed by atoms with Crippen LogP contribution in [-0.4, -0.2) is 44.0 Å². The number of nitrogens with zero attached hydrogens (tertiary/aromatic N) is 4. The molecule has 0 aliphatic heterocycles. The summed E-state index contributed by atoms with van der Waals surface area (Å²) in [5.41, 5.74) is 0.571. The van der Waals surface area contributed by atoms with E-state index in [-0.39, 0.29) is 24.1 Å². The number of aromatic nitrogens is 4. The van der Waals surface area contributed by atoms with Crippen molar-refractivity contribution in [1.82, 2.24) is 19.7 Å². The Bertz CT molecular complexity index is 952. The van der Waals surface area contributed by atoms with Crippen LogP contribution >= 0.6 is 23.1 Å². The Kier molecular flexibility index (Phi) is 7.42. The third-order valence-corrected chi connectivity index (χ3v) is 5.44. The Morgan fingerprint density at radius 2 is 2.21 bits per heavy atom. The van der Waals surface area contributed by atoms with E-state index in [9.17, 15) is 9.59 Å². The van der Waals surface area contributed by atoms with E-state index in [4.69, 9.17) is 9.15 Å². The summed E-state index contributed by atoms with van der Waals surface area (Å²) in [6.07, 6.45) is 2.57. The second kappa shape index (κ2) is 10.2. The van der Waals surface area contributed by atoms with E-state index in [1.54, 1.807) is 24.6 Å². The maximum atomic E-state index is 12.3. The van der Waals surface area contributed by atoms with Crippen molar-refractivity contribution in [2.24, 2.45) is 0 Å². The van der Waals surface area contributed by atoms with Gasteiger partial charge in [-0.05, 0) is 25.5 Å². The average Bonchev–Trinajstić information content (AvgIpc) is 3.42. The molecule has 9 nitrogen and oxygen atoms in total. The highest BCUT2D eigenvalue weighted by Crippen LogP contribution is 2.25. The Hall–Kier alpha value is -2.66. The van der Waals surface area contributed by atoms with Crippen molar-refractivity contribution in [3.8, 4) is 11.6 Å². The van der Waals surface area contributed by atoms with Crippen molar-refractivity contribution in [2.45, 2.75) is 38.4 Å². The Balaban J connectivity index is 1.57. The minimum Gasteiger partial charge on any atom is -0.466 e. The van der Waals surface area contributed by atoms with E-state index in [0.717, 1.165) is 13.0 Å². The lowest BCUT2D eigenvalue weighted by Gasteiger charge is -2.07. The van der Waals surface area contributed by atoms with Gasteiger partial charge in [0.05, 0.1) is 30.7 Å². The molecular formula is C18H21N5O4S2. The lowest BCUT2D eigenvalue weighted by molar-refractivity contribution is -0.142. The number of carbonyl (C=O) groups is 2. The number of hydrogen-bond donors (Lipinski definition) is 1. The second-order valence-corrected chi connectivity index (χ2v) is 7.70. The molecule has 0 spiro atoms. The van der Waals surface area contributed by atoms with Crippen LogP contribution in [0.4, 0.5) is 5.13 Å². The zero-order chi connectivity index (χ0) is 20.6. The summed E-state index contributed by atoms with van der Waals surface area (Å²) in [5, 5.41) is 14.0. The molecule has 0 saturated carbocycles. The van der Waals surface area contributed by atoms with Crippen LogP contribution in [0.5, 0.6) is 0 Å². The van der Waals surface area contributed by atoms with Crippen LogP contribution in [0.25, 0.3) is 11.6 Å². The minimum absolute atomic E-state index is 0.0879. The number of rotatable bonds is 10. The molecule has 0 saturated heterocycles. The Morgan fingerprint density at radius 3 is 2.93 bits per heavy atom. The van der Waals surface area contributed by atoms with E-state index in [0.29, 0.717) is 34.2 Å². The molecule has 0 aliphatic carbocycles. The summed E-state index contributed by atoms with van der Waals surface area (Å²) in [7, 11) is 0. The fraction of sp³-hybridized carbons (Fsp3) is 0.389. The molecule has 0 unspecified atom stereocenters. The van der Waals surface area contributed by atoms with E-state index < -0.39 is 0 Å². The summed E-state index contributed by atoms with van der Waals surface area (Å²) in [4.78, 5) is 28.0. The summed E-state index contributed by atoms with van der Waals surface area (Å²) in [5.74, 6) is 0.890. The molecule has 0 radical (unpaired) electrons. The molecule has 1 amide bonds. The van der Waals surface area contributed by atoms with Crippen LogP contribution < -0.4 is 5.32 Å². The third kappa shape index (κ3) is 5.67. The SMILES string of the molecule is CCCn1c(SCC(=O)Nc2nc(CC(=O)OCC)cs2)nnc1-c1ccco1. The van der Waals surface area contributed by atoms with Gasteiger partial charge in [0.2, 0.25) is 5.91 Å². The molecule has 3 aromatic heterocycles. The number of thioether (sulfide) groups is 1. The molecule has 3 rings (SSSR count). The first-order chi connectivity index (χ1) is 14.1. The monoisotopic (exact) mass is 435 g/mol. The molecule has 11 heteroatoms. The standard InChI is InChI=1S/C18H21N5O4S2/c1-3-7-23-16(13-6-5-8-27-13)21-22-18(23)29-11-14(24)20-17-19-12(10-28-17)9-15(25)26-4-2/h5-6,8,10H,3-4,7,9,11H2,1-2H3,(H,19,20,24). The van der Waals surface area contributed by atoms with E-state index in [2.05, 4.69) is 27.4 Å². The molecule has 154 valence electrons. The van der Waals surface area contributed by atoms with Gasteiger partial charge in [0, 0.05) is 11.9 Å². The van der Waals surface area contributed by atoms with Crippen LogP contribution in [0.1, 0.15) is 26.0 Å². The first-order valence-corrected chi connectivity index (χ1v) is 11.0. The zero-order valence-electron chi connectivity index (χ0n) is 16.1. The minimum atomic E-state index is -0.339. The molecule has 0 aromatic carbocycles. The highest BCUT2D eigenvalue weighted by Gasteiger charge is 2.17. The van der Waals surface area contributed by atoms with Crippen LogP contribution in [0.3, 0.4) is 0 Å². The number of furan rings is 1. The molecule has 0 fully saturated rings. The largest absolute Gasteiger partial charge is 0.466 e. The molecular weight excluding hydrogens is 414 g/mol. The molecule has 3 aromatic rings. The zero-order valence-corrected chi connectivity index (χ0v) is 17.7. The number of ether oxygens (including phenoxy) is 1. The first kappa shape index (κ1) is 21.1. The molecule has 3 heterocycles. The van der Waals surface area contributed by atoms with E-state index >= 15 is 0 Å². The lowest BCUT2D eigenvalue weighted by Crippen LogP contribution is -2.15. The topological polar surface area (TPSA) is 112 Å². The van der Waals surface area contributed by atoms with Gasteiger partial charge in [-0.2, -0.15) is 0 Å². The summed E-state index contributed by atoms with van der Waals surface area (Å²) in [6, 6.07) is 3.62. The van der Waals surface area contributed by atoms with Crippen LogP contribution in [0.2, 0.25) is 0 Å². The van der Waals surface area contributed by atoms with E-state index in [1.807, 2.05) is 10.6 Å². The maximum absolute atomic E-state index is 12.3. The van der Waals surface area contributed by atoms with Gasteiger partial charge in [0.1, 0.15) is 0 Å². The lowest BCUT2D eigenvalue weighted by atomic mass is 10.3. The van der Waals surface area contributed by atoms with Gasteiger partial charge in [0.25, 0.3) is 0 Å². The van der Waals surface area contributed by atoms with Crippen LogP contribution in [-0.2, 0) is 27.3 Å². The van der Waals surface area contributed by atoms with E-state index in [1.165, 1.54) is 23.1 Å². The number of nitrogens with one attached hydrogen (secondary N) is 1. The summed E-state index contributed by atoms with van der Waals surface area (Å²) in [6.45, 7) is 4.86. The van der Waals surface area contributed by atoms with Crippen molar-refractivity contribution < 1.29 is 18.7 Å². The van der Waals surface area contributed by atoms with Gasteiger partial charge in [-0.15, -0.1) is 21.5 Å². The van der Waals surface area contributed by atoms with Crippen LogP contribution in [0.15, 0.2) is 33.3 Å². The molecule has 0 bridgehead atoms. The highest BCUT2D eigenvalue weighted by molar-refractivity contribution is 7.99. The van der Waals surface area contributed by atoms with Gasteiger partial charge in [-0.25, -0.2) is 4.98 Å². The van der Waals surface area contributed by atoms with Gasteiger partial charge in [-0.1, -0.05) is 18.7 Å². The fourth-order valence-corrected chi connectivity index (χ4v) is 3.99. The number of anilines is 1. The third-order valence-electron chi connectivity index (χ3n) is 3.67. The molecule has 29 heavy (non-hydrogen) atoms. The van der Waals surface area contributed by atoms with Crippen molar-refractivity contribution in [2.75, 3.05) is 17.7 Å². The Morgan fingerprint density at radius 1 is 1.34 bits per heavy atom. The molecule has 0 aliphatic rings. The summed E-state index contributed by atoms with van der Waals surface area (Å²) < 4.78 is 12.3. The van der Waals surface area contributed by atoms with Gasteiger partial charge >= 0.3 is 5.97 Å². The fourth-order valence-electron chi connectivity index (χ4n) is 2.50. The quantitative estimate of drug-likeness (QED) is 0.381. The first-order valence-electron chi connectivity index (χ1n) is 9.10. The Labute approximate surface area is 175 Å². The van der Waals surface area contributed by atoms with Gasteiger partial charge in [-0.3, -0.25) is 14.2 Å². The number of hydrogen-bond acceptors (Lipinski definition) is 9. The summed E-state index contributed by atoms with van der Waals surface area (Å²) >= 11 is 2.56. The van der Waals surface area contributed by atoms with Crippen molar-refractivity contribution in [1.29, 1.82) is 0 Å². The number of esters is 1. The second-order valence-electron chi connectivity index (χ2n) is 5.90. The van der Waals surface area contributed by atoms with Crippen molar-refractivity contribution >= 4 is 40.1 Å². The van der Waals surface area contributed by atoms with Crippen molar-refractivity contribution in [3.63, 3.8) is 0 Å². The number of thiazole rings is 1. The van der Waals surface area contributed by atoms with Crippen LogP contribution in [0, 0.1) is 0 Å². The number of carbonyl (C=O) groups excluding carboxylic acids is 2. The number of amides is 1. The molecule has 1 N–H and O–H groups in total. The van der Waals surface area contributed by atoms with Gasteiger partial charge in [0.15, 0.2) is 21.9 Å².